The molecular weight excluding hydrogens is 428 g/mol. The average Bonchev–Trinajstić information content (AvgIpc) is 3.23. The molecule has 0 bridgehead atoms. The third-order valence-corrected chi connectivity index (χ3v) is 7.39. The molecule has 0 radical (unpaired) electrons. The van der Waals surface area contributed by atoms with E-state index in [1.165, 1.54) is 4.68 Å². The van der Waals surface area contributed by atoms with Crippen LogP contribution >= 0.6 is 0 Å². The van der Waals surface area contributed by atoms with Crippen molar-refractivity contribution in [2.24, 2.45) is 0 Å². The van der Waals surface area contributed by atoms with Gasteiger partial charge in [-0.2, -0.15) is 0 Å². The van der Waals surface area contributed by atoms with E-state index in [1.807, 2.05) is 31.2 Å². The Morgan fingerprint density at radius 3 is 2.28 bits per heavy atom. The number of aryl methyl sites for hydroxylation is 1. The fourth-order valence-electron chi connectivity index (χ4n) is 3.87. The normalized spacial score (nSPS) is 16.7. The van der Waals surface area contributed by atoms with E-state index < -0.39 is 9.84 Å². The average molecular weight is 457 g/mol. The Labute approximate surface area is 188 Å². The summed E-state index contributed by atoms with van der Waals surface area (Å²) in [6.07, 6.45) is 0. The van der Waals surface area contributed by atoms with E-state index in [9.17, 15) is 8.42 Å². The maximum absolute atomic E-state index is 13.1. The molecule has 0 N–H and O–H groups in total. The lowest BCUT2D eigenvalue weighted by atomic mass is 10.0. The van der Waals surface area contributed by atoms with Crippen LogP contribution in [0.2, 0.25) is 0 Å². The van der Waals surface area contributed by atoms with E-state index in [2.05, 4.69) is 32.4 Å². The number of likely N-dealkylation sites (N-methyl/N-ethyl adjacent to an activating group) is 1. The van der Waals surface area contributed by atoms with Gasteiger partial charge in [-0.05, 0) is 54.2 Å². The number of sulfone groups is 1. The molecule has 1 aliphatic heterocycles. The van der Waals surface area contributed by atoms with Crippen molar-refractivity contribution in [1.82, 2.24) is 30.0 Å². The minimum atomic E-state index is -3.61. The summed E-state index contributed by atoms with van der Waals surface area (Å²) in [5.41, 5.74) is 1.99. The van der Waals surface area contributed by atoms with Gasteiger partial charge in [-0.3, -0.25) is 4.90 Å². The largest absolute Gasteiger partial charge is 0.497 e. The van der Waals surface area contributed by atoms with Gasteiger partial charge in [-0.25, -0.2) is 13.1 Å². The zero-order valence-corrected chi connectivity index (χ0v) is 19.4. The number of hydrogen-bond donors (Lipinski definition) is 0. The third kappa shape index (κ3) is 4.82. The molecule has 1 saturated heterocycles. The van der Waals surface area contributed by atoms with Crippen LogP contribution < -0.4 is 4.74 Å². The minimum Gasteiger partial charge on any atom is -0.497 e. The van der Waals surface area contributed by atoms with Gasteiger partial charge in [-0.15, -0.1) is 5.10 Å². The summed E-state index contributed by atoms with van der Waals surface area (Å²) in [6, 6.07) is 14.3. The van der Waals surface area contributed by atoms with E-state index in [1.54, 1.807) is 31.4 Å². The molecule has 2 aromatic carbocycles. The van der Waals surface area contributed by atoms with Gasteiger partial charge < -0.3 is 9.64 Å². The summed E-state index contributed by atoms with van der Waals surface area (Å²) < 4.78 is 32.8. The van der Waals surface area contributed by atoms with Crippen molar-refractivity contribution in [2.45, 2.75) is 23.7 Å². The first-order valence-corrected chi connectivity index (χ1v) is 12.1. The summed E-state index contributed by atoms with van der Waals surface area (Å²) in [7, 11) is 0.109. The van der Waals surface area contributed by atoms with E-state index in [-0.39, 0.29) is 16.8 Å². The predicted molar refractivity (Wildman–Crippen MR) is 120 cm³/mol. The predicted octanol–water partition coefficient (Wildman–Crippen LogP) is 1.76. The van der Waals surface area contributed by atoms with Gasteiger partial charge in [0.05, 0.1) is 18.0 Å². The first-order chi connectivity index (χ1) is 15.4. The zero-order valence-electron chi connectivity index (χ0n) is 18.5. The van der Waals surface area contributed by atoms with Gasteiger partial charge in [-0.1, -0.05) is 29.8 Å². The number of ether oxygens (including phenoxy) is 1. The van der Waals surface area contributed by atoms with Crippen LogP contribution in [0.5, 0.6) is 5.75 Å². The zero-order chi connectivity index (χ0) is 22.7. The summed E-state index contributed by atoms with van der Waals surface area (Å²) in [4.78, 5) is 4.82. The van der Waals surface area contributed by atoms with Crippen molar-refractivity contribution in [1.29, 1.82) is 0 Å². The molecule has 1 fully saturated rings. The van der Waals surface area contributed by atoms with Crippen LogP contribution in [0.4, 0.5) is 0 Å². The molecule has 1 aromatic heterocycles. The monoisotopic (exact) mass is 456 g/mol. The first kappa shape index (κ1) is 22.4. The van der Waals surface area contributed by atoms with Gasteiger partial charge >= 0.3 is 0 Å². The van der Waals surface area contributed by atoms with Crippen LogP contribution in [0.25, 0.3) is 0 Å². The highest BCUT2D eigenvalue weighted by molar-refractivity contribution is 7.90. The highest BCUT2D eigenvalue weighted by atomic mass is 32.2. The van der Waals surface area contributed by atoms with Crippen molar-refractivity contribution >= 4 is 9.84 Å². The van der Waals surface area contributed by atoms with Crippen molar-refractivity contribution in [2.75, 3.05) is 40.3 Å². The van der Waals surface area contributed by atoms with E-state index in [0.717, 1.165) is 43.1 Å². The molecular formula is C22H28N6O3S. The van der Waals surface area contributed by atoms with Crippen LogP contribution in [-0.4, -0.2) is 78.8 Å². The van der Waals surface area contributed by atoms with Gasteiger partial charge in [0.1, 0.15) is 5.75 Å². The number of nitrogens with zero attached hydrogens (tertiary/aromatic N) is 6. The van der Waals surface area contributed by atoms with Crippen molar-refractivity contribution in [3.8, 4) is 5.75 Å². The molecule has 32 heavy (non-hydrogen) atoms. The number of benzene rings is 2. The maximum atomic E-state index is 13.1. The van der Waals surface area contributed by atoms with Crippen molar-refractivity contribution < 1.29 is 13.2 Å². The molecule has 10 heteroatoms. The SMILES string of the molecule is COc1ccc([C@@H](c2nnnn2CS(=O)(=O)c2ccc(C)cc2)N2CCN(C)CC2)cc1. The fourth-order valence-corrected chi connectivity index (χ4v) is 5.08. The molecule has 170 valence electrons. The summed E-state index contributed by atoms with van der Waals surface area (Å²) in [5.74, 6) is 0.946. The lowest BCUT2D eigenvalue weighted by Gasteiger charge is -2.37. The number of piperazine rings is 1. The molecule has 9 nitrogen and oxygen atoms in total. The maximum Gasteiger partial charge on any atom is 0.198 e. The number of aromatic nitrogens is 4. The lowest BCUT2D eigenvalue weighted by molar-refractivity contribution is 0.122. The third-order valence-electron chi connectivity index (χ3n) is 5.81. The van der Waals surface area contributed by atoms with E-state index >= 15 is 0 Å². The second-order valence-electron chi connectivity index (χ2n) is 8.11. The Kier molecular flexibility index (Phi) is 6.54. The summed E-state index contributed by atoms with van der Waals surface area (Å²) >= 11 is 0. The van der Waals surface area contributed by atoms with E-state index in [0.29, 0.717) is 5.82 Å². The van der Waals surface area contributed by atoms with Crippen molar-refractivity contribution in [3.05, 3.63) is 65.5 Å². The molecule has 2 heterocycles. The second-order valence-corrected chi connectivity index (χ2v) is 10.1. The van der Waals surface area contributed by atoms with Crippen molar-refractivity contribution in [3.63, 3.8) is 0 Å². The van der Waals surface area contributed by atoms with Gasteiger partial charge in [0, 0.05) is 26.2 Å². The lowest BCUT2D eigenvalue weighted by Crippen LogP contribution is -2.46. The number of rotatable bonds is 7. The number of methoxy groups -OCH3 is 1. The molecule has 0 aliphatic carbocycles. The van der Waals surface area contributed by atoms with Crippen LogP contribution in [-0.2, 0) is 15.7 Å². The van der Waals surface area contributed by atoms with E-state index in [4.69, 9.17) is 4.74 Å². The fraction of sp³-hybridized carbons (Fsp3) is 0.409. The Morgan fingerprint density at radius 1 is 1.00 bits per heavy atom. The molecule has 1 aliphatic rings. The highest BCUT2D eigenvalue weighted by Gasteiger charge is 2.31. The molecule has 3 aromatic rings. The number of tetrazole rings is 1. The van der Waals surface area contributed by atoms with Gasteiger partial charge in [0.15, 0.2) is 21.5 Å². The van der Waals surface area contributed by atoms with Crippen LogP contribution in [0, 0.1) is 6.92 Å². The molecule has 0 amide bonds. The topological polar surface area (TPSA) is 93.4 Å². The number of hydrogen-bond acceptors (Lipinski definition) is 8. The molecule has 1 atom stereocenters. The quantitative estimate of drug-likeness (QED) is 0.531. The van der Waals surface area contributed by atoms with Gasteiger partial charge in [0.2, 0.25) is 0 Å². The summed E-state index contributed by atoms with van der Waals surface area (Å²) in [6.45, 7) is 5.40. The Bertz CT molecular complexity index is 1140. The Hall–Kier alpha value is -2.82. The molecule has 0 unspecified atom stereocenters. The van der Waals surface area contributed by atoms with Crippen LogP contribution in [0.3, 0.4) is 0 Å². The smallest absolute Gasteiger partial charge is 0.198 e. The molecule has 4 rings (SSSR count). The van der Waals surface area contributed by atoms with Crippen LogP contribution in [0.1, 0.15) is 23.0 Å². The Balaban J connectivity index is 1.69. The molecule has 0 saturated carbocycles. The standard InChI is InChI=1S/C22H28N6O3S/c1-17-4-10-20(11-5-17)32(29,30)16-28-22(23-24-25-28)21(27-14-12-26(2)13-15-27)18-6-8-19(31-3)9-7-18/h4-11,21H,12-16H2,1-3H3/t21-/m0/s1. The van der Waals surface area contributed by atoms with Crippen LogP contribution in [0.15, 0.2) is 53.4 Å². The first-order valence-electron chi connectivity index (χ1n) is 10.5. The highest BCUT2D eigenvalue weighted by Crippen LogP contribution is 2.30. The molecule has 0 spiro atoms. The van der Waals surface area contributed by atoms with Gasteiger partial charge in [0.25, 0.3) is 0 Å². The minimum absolute atomic E-state index is 0.255. The Morgan fingerprint density at radius 2 is 1.66 bits per heavy atom. The second kappa shape index (κ2) is 9.35. The summed E-state index contributed by atoms with van der Waals surface area (Å²) in [5, 5.41) is 12.2.